The molecule has 2 atom stereocenters. The van der Waals surface area contributed by atoms with Gasteiger partial charge in [0.1, 0.15) is 12.7 Å². The molecule has 0 amide bonds. The van der Waals surface area contributed by atoms with E-state index in [0.29, 0.717) is 17.7 Å². The molecular formula is C18H26O6. The van der Waals surface area contributed by atoms with Crippen LogP contribution in [-0.2, 0) is 14.2 Å². The molecule has 0 saturated heterocycles. The maximum Gasteiger partial charge on any atom is 0.338 e. The Balaban J connectivity index is 2.48. The number of esters is 1. The lowest BCUT2D eigenvalue weighted by Gasteiger charge is -2.12. The van der Waals surface area contributed by atoms with E-state index in [0.717, 1.165) is 6.42 Å². The van der Waals surface area contributed by atoms with Crippen molar-refractivity contribution in [1.29, 1.82) is 0 Å². The molecule has 0 aliphatic rings. The number of Topliss-reactive ketones (excluding diaryl/α,β-unsaturated/α-hetero) is 1. The minimum absolute atomic E-state index is 0.107. The Morgan fingerprint density at radius 1 is 1.00 bits per heavy atom. The molecule has 1 aromatic carbocycles. The molecule has 0 aliphatic heterocycles. The average Bonchev–Trinajstić information content (AvgIpc) is 2.62. The van der Waals surface area contributed by atoms with E-state index in [1.165, 1.54) is 0 Å². The van der Waals surface area contributed by atoms with Gasteiger partial charge in [-0.25, -0.2) is 4.79 Å². The van der Waals surface area contributed by atoms with Crippen molar-refractivity contribution in [3.63, 3.8) is 0 Å². The third kappa shape index (κ3) is 6.78. The van der Waals surface area contributed by atoms with Crippen molar-refractivity contribution in [2.45, 2.75) is 39.4 Å². The monoisotopic (exact) mass is 338 g/mol. The number of rotatable bonds is 11. The van der Waals surface area contributed by atoms with Crippen molar-refractivity contribution in [2.75, 3.05) is 26.4 Å². The second-order valence-electron chi connectivity index (χ2n) is 5.40. The lowest BCUT2D eigenvalue weighted by Crippen LogP contribution is -2.22. The Kier molecular flexibility index (Phi) is 9.22. The SMILES string of the molecule is CCC(C)OCCOC(=O)c1ccc(C(=O)C(C)OCCO)cc1. The highest BCUT2D eigenvalue weighted by molar-refractivity contribution is 6.00. The van der Waals surface area contributed by atoms with Crippen LogP contribution < -0.4 is 0 Å². The number of hydrogen-bond donors (Lipinski definition) is 1. The maximum atomic E-state index is 12.1. The van der Waals surface area contributed by atoms with Crippen molar-refractivity contribution >= 4 is 11.8 Å². The summed E-state index contributed by atoms with van der Waals surface area (Å²) in [5, 5.41) is 8.70. The quantitative estimate of drug-likeness (QED) is 0.378. The Morgan fingerprint density at radius 2 is 1.62 bits per heavy atom. The molecule has 0 bridgehead atoms. The summed E-state index contributed by atoms with van der Waals surface area (Å²) in [6, 6.07) is 6.22. The molecule has 1 N–H and O–H groups in total. The van der Waals surface area contributed by atoms with Gasteiger partial charge in [-0.05, 0) is 32.4 Å². The van der Waals surface area contributed by atoms with E-state index in [-0.39, 0.29) is 31.7 Å². The molecule has 0 aliphatic carbocycles. The summed E-state index contributed by atoms with van der Waals surface area (Å²) in [6.07, 6.45) is 0.404. The van der Waals surface area contributed by atoms with Gasteiger partial charge in [-0.1, -0.05) is 19.1 Å². The van der Waals surface area contributed by atoms with Crippen LogP contribution in [0.4, 0.5) is 0 Å². The first-order chi connectivity index (χ1) is 11.5. The average molecular weight is 338 g/mol. The van der Waals surface area contributed by atoms with Crippen LogP contribution in [0.3, 0.4) is 0 Å². The molecule has 0 heterocycles. The van der Waals surface area contributed by atoms with Crippen LogP contribution in [0.5, 0.6) is 0 Å². The first kappa shape index (κ1) is 20.3. The normalized spacial score (nSPS) is 13.3. The summed E-state index contributed by atoms with van der Waals surface area (Å²) >= 11 is 0. The second kappa shape index (κ2) is 10.9. The fourth-order valence-corrected chi connectivity index (χ4v) is 1.90. The number of ether oxygens (including phenoxy) is 3. The summed E-state index contributed by atoms with van der Waals surface area (Å²) in [5.41, 5.74) is 0.816. The molecule has 134 valence electrons. The van der Waals surface area contributed by atoms with Crippen LogP contribution in [0.2, 0.25) is 0 Å². The van der Waals surface area contributed by atoms with Crippen LogP contribution in [0, 0.1) is 0 Å². The van der Waals surface area contributed by atoms with Gasteiger partial charge in [0, 0.05) is 5.56 Å². The van der Waals surface area contributed by atoms with Crippen LogP contribution in [0.15, 0.2) is 24.3 Å². The molecule has 6 nitrogen and oxygen atoms in total. The summed E-state index contributed by atoms with van der Waals surface area (Å²) in [5.74, 6) is -0.656. The molecule has 0 fully saturated rings. The van der Waals surface area contributed by atoms with E-state index in [1.54, 1.807) is 31.2 Å². The Labute approximate surface area is 142 Å². The number of aliphatic hydroxyl groups excluding tert-OH is 1. The Bertz CT molecular complexity index is 511. The molecule has 0 spiro atoms. The Morgan fingerprint density at radius 3 is 2.21 bits per heavy atom. The van der Waals surface area contributed by atoms with E-state index < -0.39 is 12.1 Å². The number of carbonyl (C=O) groups is 2. The smallest absolute Gasteiger partial charge is 0.338 e. The van der Waals surface area contributed by atoms with Gasteiger partial charge in [-0.3, -0.25) is 4.79 Å². The topological polar surface area (TPSA) is 82.1 Å². The first-order valence-corrected chi connectivity index (χ1v) is 8.15. The van der Waals surface area contributed by atoms with Crippen molar-refractivity contribution in [2.24, 2.45) is 0 Å². The summed E-state index contributed by atoms with van der Waals surface area (Å²) in [4.78, 5) is 24.0. The molecule has 1 aromatic rings. The van der Waals surface area contributed by atoms with Gasteiger partial charge in [-0.2, -0.15) is 0 Å². The van der Waals surface area contributed by atoms with Gasteiger partial charge in [0.05, 0.1) is 31.5 Å². The lowest BCUT2D eigenvalue weighted by atomic mass is 10.1. The van der Waals surface area contributed by atoms with Gasteiger partial charge in [0.2, 0.25) is 0 Å². The van der Waals surface area contributed by atoms with Crippen LogP contribution in [0.25, 0.3) is 0 Å². The first-order valence-electron chi connectivity index (χ1n) is 8.15. The largest absolute Gasteiger partial charge is 0.460 e. The summed E-state index contributed by atoms with van der Waals surface area (Å²) in [6.45, 7) is 6.13. The predicted octanol–water partition coefficient (Wildman–Crippen LogP) is 2.24. The van der Waals surface area contributed by atoms with E-state index in [9.17, 15) is 9.59 Å². The zero-order valence-corrected chi connectivity index (χ0v) is 14.5. The van der Waals surface area contributed by atoms with E-state index in [2.05, 4.69) is 0 Å². The van der Waals surface area contributed by atoms with E-state index >= 15 is 0 Å². The molecule has 0 radical (unpaired) electrons. The van der Waals surface area contributed by atoms with E-state index in [4.69, 9.17) is 19.3 Å². The molecule has 24 heavy (non-hydrogen) atoms. The van der Waals surface area contributed by atoms with Crippen molar-refractivity contribution in [3.8, 4) is 0 Å². The molecule has 6 heteroatoms. The van der Waals surface area contributed by atoms with Crippen molar-refractivity contribution in [1.82, 2.24) is 0 Å². The van der Waals surface area contributed by atoms with E-state index in [1.807, 2.05) is 13.8 Å². The molecule has 0 aromatic heterocycles. The fraction of sp³-hybridized carbons (Fsp3) is 0.556. The standard InChI is InChI=1S/C18H26O6/c1-4-13(2)22-11-12-24-18(21)16-7-5-15(6-8-16)17(20)14(3)23-10-9-19/h5-8,13-14,19H,4,9-12H2,1-3H3. The number of aliphatic hydroxyl groups is 1. The maximum absolute atomic E-state index is 12.1. The molecule has 0 saturated carbocycles. The third-order valence-electron chi connectivity index (χ3n) is 3.53. The molecule has 2 unspecified atom stereocenters. The molecular weight excluding hydrogens is 312 g/mol. The van der Waals surface area contributed by atoms with Gasteiger partial charge >= 0.3 is 5.97 Å². The molecule has 1 rings (SSSR count). The lowest BCUT2D eigenvalue weighted by molar-refractivity contribution is 0.0120. The fourth-order valence-electron chi connectivity index (χ4n) is 1.90. The highest BCUT2D eigenvalue weighted by atomic mass is 16.6. The van der Waals surface area contributed by atoms with Crippen molar-refractivity contribution < 1.29 is 28.9 Å². The van der Waals surface area contributed by atoms with Gasteiger partial charge in [0.25, 0.3) is 0 Å². The highest BCUT2D eigenvalue weighted by Crippen LogP contribution is 2.10. The Hall–Kier alpha value is -1.76. The van der Waals surface area contributed by atoms with Gasteiger partial charge in [-0.15, -0.1) is 0 Å². The van der Waals surface area contributed by atoms with Gasteiger partial charge in [0.15, 0.2) is 5.78 Å². The number of benzene rings is 1. The predicted molar refractivity (Wildman–Crippen MR) is 89.3 cm³/mol. The van der Waals surface area contributed by atoms with Crippen LogP contribution >= 0.6 is 0 Å². The third-order valence-corrected chi connectivity index (χ3v) is 3.53. The number of hydrogen-bond acceptors (Lipinski definition) is 6. The minimum atomic E-state index is -0.646. The van der Waals surface area contributed by atoms with Gasteiger partial charge < -0.3 is 19.3 Å². The zero-order chi connectivity index (χ0) is 17.9. The van der Waals surface area contributed by atoms with Crippen LogP contribution in [0.1, 0.15) is 47.9 Å². The summed E-state index contributed by atoms with van der Waals surface area (Å²) in [7, 11) is 0. The summed E-state index contributed by atoms with van der Waals surface area (Å²) < 4.78 is 15.7. The van der Waals surface area contributed by atoms with Crippen molar-refractivity contribution in [3.05, 3.63) is 35.4 Å². The minimum Gasteiger partial charge on any atom is -0.460 e. The second-order valence-corrected chi connectivity index (χ2v) is 5.40. The highest BCUT2D eigenvalue weighted by Gasteiger charge is 2.16. The zero-order valence-electron chi connectivity index (χ0n) is 14.5. The van der Waals surface area contributed by atoms with Crippen LogP contribution in [-0.4, -0.2) is 55.5 Å². The number of carbonyl (C=O) groups excluding carboxylic acids is 2. The number of ketones is 1.